The number of nitrogens with two attached hydrogens (primary N) is 1. The summed E-state index contributed by atoms with van der Waals surface area (Å²) < 4.78 is 6.56. The van der Waals surface area contributed by atoms with Crippen molar-refractivity contribution in [3.63, 3.8) is 0 Å². The van der Waals surface area contributed by atoms with Crippen LogP contribution in [0.5, 0.6) is 0 Å². The average molecular weight is 430 g/mol. The first-order valence-electron chi connectivity index (χ1n) is 8.01. The first-order valence-corrected chi connectivity index (χ1v) is 8.81. The number of nitrogens with one attached hydrogen (secondary N) is 2. The maximum Gasteiger partial charge on any atom is 0.291 e. The Morgan fingerprint density at radius 1 is 1.07 bits per heavy atom. The Morgan fingerprint density at radius 2 is 1.78 bits per heavy atom. The number of fused-ring (bicyclic) bond motifs is 1. The largest absolute Gasteiger partial charge is 0.451 e. The molecule has 27 heavy (non-hydrogen) atoms. The van der Waals surface area contributed by atoms with Gasteiger partial charge >= 0.3 is 0 Å². The Kier molecular flexibility index (Phi) is 5.27. The van der Waals surface area contributed by atoms with E-state index in [2.05, 4.69) is 26.6 Å². The monoisotopic (exact) mass is 429 g/mol. The predicted molar refractivity (Wildman–Crippen MR) is 105 cm³/mol. The molecule has 0 saturated heterocycles. The Labute approximate surface area is 163 Å². The molecule has 138 valence electrons. The predicted octanol–water partition coefficient (Wildman–Crippen LogP) is 2.97. The lowest BCUT2D eigenvalue weighted by Gasteiger charge is -2.06. The fourth-order valence-electron chi connectivity index (χ4n) is 2.57. The molecule has 0 unspecified atom stereocenters. The number of furan rings is 1. The number of aryl methyl sites for hydroxylation is 1. The number of rotatable bonds is 5. The van der Waals surface area contributed by atoms with E-state index >= 15 is 0 Å². The number of carbonyl (C=O) groups excluding carboxylic acids is 3. The number of hydrogen-bond donors (Lipinski definition) is 3. The van der Waals surface area contributed by atoms with Crippen LogP contribution in [0.2, 0.25) is 0 Å². The number of carbonyl (C=O) groups is 3. The molecule has 0 radical (unpaired) electrons. The Morgan fingerprint density at radius 3 is 2.44 bits per heavy atom. The molecule has 0 saturated carbocycles. The molecule has 0 atom stereocenters. The van der Waals surface area contributed by atoms with Crippen LogP contribution in [0.1, 0.15) is 26.5 Å². The minimum atomic E-state index is -0.625. The van der Waals surface area contributed by atoms with E-state index < -0.39 is 11.8 Å². The van der Waals surface area contributed by atoms with Crippen molar-refractivity contribution < 1.29 is 18.8 Å². The highest BCUT2D eigenvalue weighted by atomic mass is 79.9. The second-order valence-corrected chi connectivity index (χ2v) is 6.79. The third-order valence-corrected chi connectivity index (χ3v) is 4.43. The Hall–Kier alpha value is -3.13. The molecule has 0 spiro atoms. The van der Waals surface area contributed by atoms with Crippen LogP contribution >= 0.6 is 15.9 Å². The minimum absolute atomic E-state index is 0.228. The Balaban J connectivity index is 1.74. The van der Waals surface area contributed by atoms with Gasteiger partial charge in [-0.05, 0) is 49.4 Å². The van der Waals surface area contributed by atoms with E-state index in [1.54, 1.807) is 18.2 Å². The summed E-state index contributed by atoms with van der Waals surface area (Å²) in [5, 5.41) is 5.99. The van der Waals surface area contributed by atoms with Crippen LogP contribution in [-0.2, 0) is 4.79 Å². The highest BCUT2D eigenvalue weighted by Crippen LogP contribution is 2.28. The fourth-order valence-corrected chi connectivity index (χ4v) is 2.93. The normalized spacial score (nSPS) is 10.6. The summed E-state index contributed by atoms with van der Waals surface area (Å²) in [5.74, 6) is -1.21. The molecule has 0 fully saturated rings. The van der Waals surface area contributed by atoms with E-state index in [0.717, 1.165) is 15.4 Å². The Bertz CT molecular complexity index is 1040. The molecule has 0 aliphatic heterocycles. The molecule has 4 N–H and O–H groups in total. The molecule has 2 aromatic carbocycles. The van der Waals surface area contributed by atoms with E-state index in [1.165, 1.54) is 12.1 Å². The van der Waals surface area contributed by atoms with Crippen molar-refractivity contribution in [3.05, 3.63) is 63.8 Å². The molecule has 1 heterocycles. The molecule has 8 heteroatoms. The molecule has 0 aliphatic carbocycles. The van der Waals surface area contributed by atoms with Crippen LogP contribution < -0.4 is 16.4 Å². The van der Waals surface area contributed by atoms with Gasteiger partial charge in [-0.2, -0.15) is 0 Å². The molecule has 7 nitrogen and oxygen atoms in total. The molecular weight excluding hydrogens is 414 g/mol. The topological polar surface area (TPSA) is 114 Å². The lowest BCUT2D eigenvalue weighted by atomic mass is 10.1. The van der Waals surface area contributed by atoms with Crippen molar-refractivity contribution in [1.82, 2.24) is 5.32 Å². The van der Waals surface area contributed by atoms with Gasteiger partial charge < -0.3 is 20.8 Å². The van der Waals surface area contributed by atoms with Crippen molar-refractivity contribution in [2.45, 2.75) is 6.92 Å². The van der Waals surface area contributed by atoms with Crippen molar-refractivity contribution in [2.24, 2.45) is 5.73 Å². The minimum Gasteiger partial charge on any atom is -0.451 e. The second kappa shape index (κ2) is 7.63. The molecule has 3 aromatic rings. The fraction of sp³-hybridized carbons (Fsp3) is 0.105. The van der Waals surface area contributed by atoms with Crippen molar-refractivity contribution >= 4 is 50.3 Å². The van der Waals surface area contributed by atoms with Gasteiger partial charge in [0.1, 0.15) is 5.58 Å². The highest BCUT2D eigenvalue weighted by Gasteiger charge is 2.18. The number of hydrogen-bond acceptors (Lipinski definition) is 4. The number of primary amides is 1. The van der Waals surface area contributed by atoms with Crippen LogP contribution in [0.3, 0.4) is 0 Å². The summed E-state index contributed by atoms with van der Waals surface area (Å²) in [6.45, 7) is 1.58. The van der Waals surface area contributed by atoms with Gasteiger partial charge in [0.25, 0.3) is 11.8 Å². The SMILES string of the molecule is Cc1c(C(=O)Nc2ccc(C(=O)NCC(N)=O)cc2)oc2ccc(Br)cc12. The molecule has 3 amide bonds. The summed E-state index contributed by atoms with van der Waals surface area (Å²) in [5.41, 5.74) is 7.21. The van der Waals surface area contributed by atoms with Gasteiger partial charge in [-0.3, -0.25) is 14.4 Å². The lowest BCUT2D eigenvalue weighted by Crippen LogP contribution is -2.33. The van der Waals surface area contributed by atoms with E-state index in [9.17, 15) is 14.4 Å². The third-order valence-electron chi connectivity index (χ3n) is 3.93. The maximum atomic E-state index is 12.5. The van der Waals surface area contributed by atoms with Crippen molar-refractivity contribution in [2.75, 3.05) is 11.9 Å². The average Bonchev–Trinajstić information content (AvgIpc) is 2.96. The van der Waals surface area contributed by atoms with Gasteiger partial charge in [0, 0.05) is 26.7 Å². The van der Waals surface area contributed by atoms with E-state index in [0.29, 0.717) is 16.8 Å². The van der Waals surface area contributed by atoms with E-state index in [1.807, 2.05) is 19.1 Å². The van der Waals surface area contributed by atoms with Gasteiger partial charge in [0.05, 0.1) is 6.54 Å². The molecule has 3 rings (SSSR count). The summed E-state index contributed by atoms with van der Waals surface area (Å²) in [4.78, 5) is 35.1. The summed E-state index contributed by atoms with van der Waals surface area (Å²) in [6.07, 6.45) is 0. The molecule has 0 aliphatic rings. The summed E-state index contributed by atoms with van der Waals surface area (Å²) in [7, 11) is 0. The number of amides is 3. The second-order valence-electron chi connectivity index (χ2n) is 5.88. The van der Waals surface area contributed by atoms with E-state index in [4.69, 9.17) is 10.2 Å². The van der Waals surface area contributed by atoms with Crippen LogP contribution in [0, 0.1) is 6.92 Å². The zero-order valence-corrected chi connectivity index (χ0v) is 15.9. The van der Waals surface area contributed by atoms with Crippen LogP contribution in [0.4, 0.5) is 5.69 Å². The standard InChI is InChI=1S/C19H16BrN3O4/c1-10-14-8-12(20)4-7-15(14)27-17(10)19(26)23-13-5-2-11(3-6-13)18(25)22-9-16(21)24/h2-8H,9H2,1H3,(H2,21,24)(H,22,25)(H,23,26). The quantitative estimate of drug-likeness (QED) is 0.577. The third kappa shape index (κ3) is 4.17. The molecule has 1 aromatic heterocycles. The smallest absolute Gasteiger partial charge is 0.291 e. The van der Waals surface area contributed by atoms with Crippen LogP contribution in [0.15, 0.2) is 51.4 Å². The lowest BCUT2D eigenvalue weighted by molar-refractivity contribution is -0.117. The van der Waals surface area contributed by atoms with E-state index in [-0.39, 0.29) is 18.2 Å². The summed E-state index contributed by atoms with van der Waals surface area (Å²) in [6, 6.07) is 11.8. The van der Waals surface area contributed by atoms with Gasteiger partial charge in [-0.25, -0.2) is 0 Å². The molecular formula is C19H16BrN3O4. The first-order chi connectivity index (χ1) is 12.8. The van der Waals surface area contributed by atoms with Gasteiger partial charge in [0.2, 0.25) is 5.91 Å². The number of anilines is 1. The van der Waals surface area contributed by atoms with Crippen molar-refractivity contribution in [1.29, 1.82) is 0 Å². The van der Waals surface area contributed by atoms with Gasteiger partial charge in [-0.15, -0.1) is 0 Å². The summed E-state index contributed by atoms with van der Waals surface area (Å²) >= 11 is 3.40. The van der Waals surface area contributed by atoms with Crippen LogP contribution in [-0.4, -0.2) is 24.3 Å². The zero-order chi connectivity index (χ0) is 19.6. The van der Waals surface area contributed by atoms with Crippen LogP contribution in [0.25, 0.3) is 11.0 Å². The number of halogens is 1. The first kappa shape index (κ1) is 18.7. The molecule has 0 bridgehead atoms. The maximum absolute atomic E-state index is 12.5. The highest BCUT2D eigenvalue weighted by molar-refractivity contribution is 9.10. The zero-order valence-electron chi connectivity index (χ0n) is 14.3. The number of benzene rings is 2. The van der Waals surface area contributed by atoms with Gasteiger partial charge in [0.15, 0.2) is 5.76 Å². The van der Waals surface area contributed by atoms with Gasteiger partial charge in [-0.1, -0.05) is 15.9 Å². The van der Waals surface area contributed by atoms with Crippen molar-refractivity contribution in [3.8, 4) is 0 Å².